The summed E-state index contributed by atoms with van der Waals surface area (Å²) >= 11 is 0. The van der Waals surface area contributed by atoms with E-state index in [4.69, 9.17) is 0 Å². The van der Waals surface area contributed by atoms with Crippen molar-refractivity contribution in [1.29, 1.82) is 0 Å². The first-order valence-corrected chi connectivity index (χ1v) is 5.00. The molecule has 3 heteroatoms. The molecule has 2 unspecified atom stereocenters. The zero-order valence-corrected chi connectivity index (χ0v) is 8.35. The van der Waals surface area contributed by atoms with Crippen LogP contribution in [-0.4, -0.2) is 33.3 Å². The van der Waals surface area contributed by atoms with Crippen molar-refractivity contribution in [3.05, 3.63) is 18.5 Å². The van der Waals surface area contributed by atoms with Crippen molar-refractivity contribution in [3.8, 4) is 0 Å². The molecule has 2 atom stereocenters. The summed E-state index contributed by atoms with van der Waals surface area (Å²) < 4.78 is 2.00. The van der Waals surface area contributed by atoms with Crippen LogP contribution in [0.5, 0.6) is 0 Å². The lowest BCUT2D eigenvalue weighted by Crippen LogP contribution is -2.53. The van der Waals surface area contributed by atoms with Gasteiger partial charge in [-0.1, -0.05) is 0 Å². The summed E-state index contributed by atoms with van der Waals surface area (Å²) in [4.78, 5) is 2.53. The van der Waals surface area contributed by atoms with Crippen LogP contribution >= 0.6 is 0 Å². The number of aromatic nitrogens is 2. The molecule has 0 bridgehead atoms. The molecule has 0 amide bonds. The first kappa shape index (κ1) is 8.75. The minimum absolute atomic E-state index is 0.769. The maximum absolute atomic E-state index is 4.19. The molecule has 1 aliphatic rings. The first-order chi connectivity index (χ1) is 6.27. The highest BCUT2D eigenvalue weighted by Gasteiger charge is 2.30. The average molecular weight is 179 g/mol. The second-order valence-corrected chi connectivity index (χ2v) is 3.94. The molecule has 1 aromatic heterocycles. The molecule has 1 saturated heterocycles. The Morgan fingerprint density at radius 2 is 2.08 bits per heavy atom. The monoisotopic (exact) mass is 179 g/mol. The maximum atomic E-state index is 4.19. The quantitative estimate of drug-likeness (QED) is 0.698. The molecule has 3 nitrogen and oxygen atoms in total. The Labute approximate surface area is 79.3 Å². The third-order valence-electron chi connectivity index (χ3n) is 2.96. The van der Waals surface area contributed by atoms with E-state index in [0.717, 1.165) is 25.2 Å². The molecule has 72 valence electrons. The van der Waals surface area contributed by atoms with Gasteiger partial charge in [-0.2, -0.15) is 5.10 Å². The Morgan fingerprint density at radius 1 is 1.31 bits per heavy atom. The molecule has 1 aliphatic heterocycles. The predicted octanol–water partition coefficient (Wildman–Crippen LogP) is 1.37. The second-order valence-electron chi connectivity index (χ2n) is 3.94. The molecule has 0 spiro atoms. The van der Waals surface area contributed by atoms with E-state index in [1.807, 2.05) is 23.1 Å². The normalized spacial score (nSPS) is 28.8. The van der Waals surface area contributed by atoms with E-state index in [9.17, 15) is 0 Å². The van der Waals surface area contributed by atoms with Gasteiger partial charge in [0, 0.05) is 31.0 Å². The largest absolute Gasteiger partial charge is 0.296 e. The summed E-state index contributed by atoms with van der Waals surface area (Å²) in [5.74, 6) is 0. The highest BCUT2D eigenvalue weighted by atomic mass is 15.3. The SMILES string of the molecule is CC1CC(C)N1CCn1cccn1. The van der Waals surface area contributed by atoms with Crippen molar-refractivity contribution < 1.29 is 0 Å². The molecule has 0 aliphatic carbocycles. The van der Waals surface area contributed by atoms with Crippen LogP contribution in [0.25, 0.3) is 0 Å². The van der Waals surface area contributed by atoms with E-state index >= 15 is 0 Å². The van der Waals surface area contributed by atoms with Gasteiger partial charge in [0.25, 0.3) is 0 Å². The number of hydrogen-bond acceptors (Lipinski definition) is 2. The summed E-state index contributed by atoms with van der Waals surface area (Å²) in [7, 11) is 0. The van der Waals surface area contributed by atoms with Crippen molar-refractivity contribution in [1.82, 2.24) is 14.7 Å². The van der Waals surface area contributed by atoms with Gasteiger partial charge in [-0.05, 0) is 26.3 Å². The Morgan fingerprint density at radius 3 is 2.62 bits per heavy atom. The minimum Gasteiger partial charge on any atom is -0.296 e. The van der Waals surface area contributed by atoms with Gasteiger partial charge in [-0.15, -0.1) is 0 Å². The topological polar surface area (TPSA) is 21.1 Å². The molecule has 0 N–H and O–H groups in total. The van der Waals surface area contributed by atoms with Gasteiger partial charge in [0.2, 0.25) is 0 Å². The molecule has 0 aromatic carbocycles. The highest BCUT2D eigenvalue weighted by molar-refractivity contribution is 4.87. The summed E-state index contributed by atoms with van der Waals surface area (Å²) in [6.07, 6.45) is 5.21. The van der Waals surface area contributed by atoms with Crippen LogP contribution in [0.1, 0.15) is 20.3 Å². The molecular weight excluding hydrogens is 162 g/mol. The predicted molar refractivity (Wildman–Crippen MR) is 52.5 cm³/mol. The van der Waals surface area contributed by atoms with Gasteiger partial charge < -0.3 is 0 Å². The van der Waals surface area contributed by atoms with E-state index in [2.05, 4.69) is 23.8 Å². The third-order valence-corrected chi connectivity index (χ3v) is 2.96. The average Bonchev–Trinajstić information content (AvgIpc) is 2.57. The highest BCUT2D eigenvalue weighted by Crippen LogP contribution is 2.23. The Kier molecular flexibility index (Phi) is 2.36. The fraction of sp³-hybridized carbons (Fsp3) is 0.700. The molecule has 2 rings (SSSR count). The Balaban J connectivity index is 1.80. The van der Waals surface area contributed by atoms with Crippen LogP contribution in [0, 0.1) is 0 Å². The van der Waals surface area contributed by atoms with Crippen molar-refractivity contribution in [3.63, 3.8) is 0 Å². The van der Waals surface area contributed by atoms with Crippen LogP contribution in [0.4, 0.5) is 0 Å². The van der Waals surface area contributed by atoms with Crippen LogP contribution in [0.2, 0.25) is 0 Å². The van der Waals surface area contributed by atoms with Gasteiger partial charge in [0.1, 0.15) is 0 Å². The van der Waals surface area contributed by atoms with E-state index in [1.54, 1.807) is 0 Å². The molecule has 0 radical (unpaired) electrons. The lowest BCUT2D eigenvalue weighted by Gasteiger charge is -2.45. The van der Waals surface area contributed by atoms with Crippen molar-refractivity contribution in [2.24, 2.45) is 0 Å². The zero-order valence-electron chi connectivity index (χ0n) is 8.35. The van der Waals surface area contributed by atoms with Gasteiger partial charge in [-0.25, -0.2) is 0 Å². The summed E-state index contributed by atoms with van der Waals surface area (Å²) in [6.45, 7) is 6.73. The number of nitrogens with zero attached hydrogens (tertiary/aromatic N) is 3. The number of hydrogen-bond donors (Lipinski definition) is 0. The van der Waals surface area contributed by atoms with E-state index in [-0.39, 0.29) is 0 Å². The number of likely N-dealkylation sites (tertiary alicyclic amines) is 1. The molecule has 1 aromatic rings. The van der Waals surface area contributed by atoms with Gasteiger partial charge in [0.05, 0.1) is 6.54 Å². The Hall–Kier alpha value is -0.830. The van der Waals surface area contributed by atoms with Crippen LogP contribution in [0.15, 0.2) is 18.5 Å². The third kappa shape index (κ3) is 1.75. The van der Waals surface area contributed by atoms with Crippen LogP contribution < -0.4 is 0 Å². The van der Waals surface area contributed by atoms with Gasteiger partial charge in [-0.3, -0.25) is 9.58 Å². The maximum Gasteiger partial charge on any atom is 0.0536 e. The van der Waals surface area contributed by atoms with Crippen LogP contribution in [-0.2, 0) is 6.54 Å². The first-order valence-electron chi connectivity index (χ1n) is 5.00. The fourth-order valence-corrected chi connectivity index (χ4v) is 2.15. The summed E-state index contributed by atoms with van der Waals surface area (Å²) in [5.41, 5.74) is 0. The minimum atomic E-state index is 0.769. The summed E-state index contributed by atoms with van der Waals surface area (Å²) in [5, 5.41) is 4.19. The molecule has 1 fully saturated rings. The van der Waals surface area contributed by atoms with E-state index < -0.39 is 0 Å². The van der Waals surface area contributed by atoms with Crippen molar-refractivity contribution in [2.45, 2.75) is 38.9 Å². The molecule has 2 heterocycles. The molecule has 13 heavy (non-hydrogen) atoms. The number of rotatable bonds is 3. The Bertz CT molecular complexity index is 247. The van der Waals surface area contributed by atoms with Gasteiger partial charge in [0.15, 0.2) is 0 Å². The lowest BCUT2D eigenvalue weighted by atomic mass is 9.96. The second kappa shape index (κ2) is 3.50. The smallest absolute Gasteiger partial charge is 0.0536 e. The standard InChI is InChI=1S/C10H17N3/c1-9-8-10(2)13(9)7-6-12-5-3-4-11-12/h3-5,9-10H,6-8H2,1-2H3. The molecule has 0 saturated carbocycles. The zero-order chi connectivity index (χ0) is 9.26. The van der Waals surface area contributed by atoms with E-state index in [1.165, 1.54) is 6.42 Å². The summed E-state index contributed by atoms with van der Waals surface area (Å²) in [6, 6.07) is 3.51. The van der Waals surface area contributed by atoms with Crippen LogP contribution in [0.3, 0.4) is 0 Å². The van der Waals surface area contributed by atoms with Gasteiger partial charge >= 0.3 is 0 Å². The molecular formula is C10H17N3. The van der Waals surface area contributed by atoms with E-state index in [0.29, 0.717) is 0 Å². The van der Waals surface area contributed by atoms with Crippen molar-refractivity contribution >= 4 is 0 Å². The lowest BCUT2D eigenvalue weighted by molar-refractivity contribution is 0.0338. The fourth-order valence-electron chi connectivity index (χ4n) is 2.15. The van der Waals surface area contributed by atoms with Crippen molar-refractivity contribution in [2.75, 3.05) is 6.54 Å².